The Labute approximate surface area is 131 Å². The van der Waals surface area contributed by atoms with E-state index in [1.54, 1.807) is 12.1 Å². The Morgan fingerprint density at radius 1 is 1.33 bits per heavy atom. The number of para-hydroxylation sites is 1. The third kappa shape index (κ3) is 4.90. The van der Waals surface area contributed by atoms with Crippen molar-refractivity contribution in [2.75, 3.05) is 25.0 Å². The van der Waals surface area contributed by atoms with Crippen LogP contribution in [0, 0.1) is 5.92 Å². The summed E-state index contributed by atoms with van der Waals surface area (Å²) in [6.07, 6.45) is 2.29. The quantitative estimate of drug-likeness (QED) is 0.893. The normalized spacial score (nSPS) is 17.0. The highest BCUT2D eigenvalue weighted by Crippen LogP contribution is 2.20. The molecule has 1 aromatic carbocycles. The van der Waals surface area contributed by atoms with Crippen LogP contribution in [0.5, 0.6) is 0 Å². The van der Waals surface area contributed by atoms with Crippen LogP contribution in [0.2, 0.25) is 5.02 Å². The molecular weight excluding hydrogens is 286 g/mol. The van der Waals surface area contributed by atoms with Gasteiger partial charge in [0.15, 0.2) is 0 Å². The zero-order valence-corrected chi connectivity index (χ0v) is 13.5. The number of carbonyl (C=O) groups excluding carboxylic acids is 1. The molecule has 0 aromatic heterocycles. The highest BCUT2D eigenvalue weighted by molar-refractivity contribution is 6.33. The van der Waals surface area contributed by atoms with Gasteiger partial charge in [-0.05, 0) is 57.8 Å². The third-order valence-corrected chi connectivity index (χ3v) is 4.38. The summed E-state index contributed by atoms with van der Waals surface area (Å²) in [5.74, 6) is 0.567. The van der Waals surface area contributed by atoms with Crippen molar-refractivity contribution in [1.29, 1.82) is 0 Å². The molecule has 0 saturated carbocycles. The third-order valence-electron chi connectivity index (χ3n) is 4.05. The summed E-state index contributed by atoms with van der Waals surface area (Å²) in [6, 6.07) is 7.68. The van der Waals surface area contributed by atoms with E-state index in [0.29, 0.717) is 22.7 Å². The van der Waals surface area contributed by atoms with Crippen LogP contribution < -0.4 is 10.6 Å². The summed E-state index contributed by atoms with van der Waals surface area (Å²) in [6.45, 7) is 7.43. The van der Waals surface area contributed by atoms with Gasteiger partial charge in [0.2, 0.25) is 0 Å². The van der Waals surface area contributed by atoms with Gasteiger partial charge in [-0.1, -0.05) is 23.7 Å². The Bertz CT molecular complexity index is 470. The van der Waals surface area contributed by atoms with Gasteiger partial charge in [0, 0.05) is 12.6 Å². The van der Waals surface area contributed by atoms with Gasteiger partial charge in [0.05, 0.1) is 10.7 Å². The lowest BCUT2D eigenvalue weighted by atomic mass is 9.96. The predicted molar refractivity (Wildman–Crippen MR) is 87.9 cm³/mol. The van der Waals surface area contributed by atoms with Gasteiger partial charge < -0.3 is 15.5 Å². The number of piperidine rings is 1. The molecule has 0 spiro atoms. The number of likely N-dealkylation sites (tertiary alicyclic amines) is 1. The second kappa shape index (κ2) is 7.66. The number of rotatable bonds is 4. The fourth-order valence-corrected chi connectivity index (χ4v) is 2.82. The van der Waals surface area contributed by atoms with Crippen molar-refractivity contribution >= 4 is 23.3 Å². The van der Waals surface area contributed by atoms with Gasteiger partial charge in [0.1, 0.15) is 0 Å². The Morgan fingerprint density at radius 3 is 2.62 bits per heavy atom. The molecule has 0 radical (unpaired) electrons. The molecule has 2 amide bonds. The highest BCUT2D eigenvalue weighted by Gasteiger charge is 2.21. The van der Waals surface area contributed by atoms with Gasteiger partial charge in [-0.2, -0.15) is 0 Å². The smallest absolute Gasteiger partial charge is 0.319 e. The molecule has 0 aliphatic carbocycles. The van der Waals surface area contributed by atoms with E-state index in [1.807, 2.05) is 12.1 Å². The Hall–Kier alpha value is -1.26. The van der Waals surface area contributed by atoms with E-state index >= 15 is 0 Å². The molecule has 5 heteroatoms. The second-order valence-electron chi connectivity index (χ2n) is 5.89. The maximum absolute atomic E-state index is 11.9. The summed E-state index contributed by atoms with van der Waals surface area (Å²) in [4.78, 5) is 14.4. The van der Waals surface area contributed by atoms with E-state index in [-0.39, 0.29) is 6.03 Å². The lowest BCUT2D eigenvalue weighted by Crippen LogP contribution is -2.42. The average molecular weight is 310 g/mol. The molecule has 0 unspecified atom stereocenters. The summed E-state index contributed by atoms with van der Waals surface area (Å²) in [5, 5.41) is 6.28. The van der Waals surface area contributed by atoms with Gasteiger partial charge >= 0.3 is 6.03 Å². The number of urea groups is 1. The van der Waals surface area contributed by atoms with Crippen molar-refractivity contribution in [3.05, 3.63) is 29.3 Å². The van der Waals surface area contributed by atoms with Crippen LogP contribution in [0.15, 0.2) is 24.3 Å². The van der Waals surface area contributed by atoms with Crippen LogP contribution in [0.3, 0.4) is 0 Å². The minimum Gasteiger partial charge on any atom is -0.338 e. The molecule has 1 aromatic rings. The molecule has 2 rings (SSSR count). The predicted octanol–water partition coefficient (Wildman–Crippen LogP) is 3.58. The van der Waals surface area contributed by atoms with E-state index in [0.717, 1.165) is 32.5 Å². The average Bonchev–Trinajstić information content (AvgIpc) is 2.48. The lowest BCUT2D eigenvalue weighted by molar-refractivity contribution is 0.149. The number of hydrogen-bond donors (Lipinski definition) is 2. The zero-order valence-electron chi connectivity index (χ0n) is 12.7. The van der Waals surface area contributed by atoms with Crippen LogP contribution in [0.1, 0.15) is 26.7 Å². The number of amides is 2. The molecular formula is C16H24ClN3O. The number of benzene rings is 1. The molecule has 0 atom stereocenters. The van der Waals surface area contributed by atoms with Crippen molar-refractivity contribution in [2.24, 2.45) is 5.92 Å². The molecule has 0 bridgehead atoms. The Kier molecular flexibility index (Phi) is 5.88. The van der Waals surface area contributed by atoms with Gasteiger partial charge in [-0.3, -0.25) is 0 Å². The SMILES string of the molecule is CC(C)N1CCC(CNC(=O)Nc2ccccc2Cl)CC1. The molecule has 21 heavy (non-hydrogen) atoms. The zero-order chi connectivity index (χ0) is 15.2. The molecule has 1 fully saturated rings. The first-order valence-corrected chi connectivity index (χ1v) is 7.97. The monoisotopic (exact) mass is 309 g/mol. The minimum atomic E-state index is -0.186. The van der Waals surface area contributed by atoms with E-state index < -0.39 is 0 Å². The number of anilines is 1. The molecule has 1 heterocycles. The number of halogens is 1. The Morgan fingerprint density at radius 2 is 2.00 bits per heavy atom. The maximum atomic E-state index is 11.9. The molecule has 4 nitrogen and oxygen atoms in total. The van der Waals surface area contributed by atoms with E-state index in [2.05, 4.69) is 29.4 Å². The van der Waals surface area contributed by atoms with E-state index in [1.165, 1.54) is 0 Å². The van der Waals surface area contributed by atoms with Crippen molar-refractivity contribution in [1.82, 2.24) is 10.2 Å². The van der Waals surface area contributed by atoms with Gasteiger partial charge in [0.25, 0.3) is 0 Å². The first-order chi connectivity index (χ1) is 10.1. The summed E-state index contributed by atoms with van der Waals surface area (Å²) in [7, 11) is 0. The lowest BCUT2D eigenvalue weighted by Gasteiger charge is -2.34. The van der Waals surface area contributed by atoms with Crippen LogP contribution in [0.4, 0.5) is 10.5 Å². The molecule has 116 valence electrons. The fourth-order valence-electron chi connectivity index (χ4n) is 2.64. The number of carbonyl (C=O) groups is 1. The molecule has 1 aliphatic rings. The topological polar surface area (TPSA) is 44.4 Å². The summed E-state index contributed by atoms with van der Waals surface area (Å²) >= 11 is 6.01. The van der Waals surface area contributed by atoms with Crippen LogP contribution >= 0.6 is 11.6 Å². The van der Waals surface area contributed by atoms with Crippen LogP contribution in [-0.4, -0.2) is 36.6 Å². The molecule has 2 N–H and O–H groups in total. The molecule has 1 aliphatic heterocycles. The fraction of sp³-hybridized carbons (Fsp3) is 0.562. The number of hydrogen-bond acceptors (Lipinski definition) is 2. The number of nitrogens with one attached hydrogen (secondary N) is 2. The first kappa shape index (κ1) is 16.1. The van der Waals surface area contributed by atoms with Crippen molar-refractivity contribution in [3.8, 4) is 0 Å². The highest BCUT2D eigenvalue weighted by atomic mass is 35.5. The second-order valence-corrected chi connectivity index (χ2v) is 6.30. The van der Waals surface area contributed by atoms with E-state index in [9.17, 15) is 4.79 Å². The van der Waals surface area contributed by atoms with Crippen LogP contribution in [-0.2, 0) is 0 Å². The van der Waals surface area contributed by atoms with Crippen LogP contribution in [0.25, 0.3) is 0 Å². The van der Waals surface area contributed by atoms with Gasteiger partial charge in [-0.25, -0.2) is 4.79 Å². The minimum absolute atomic E-state index is 0.186. The maximum Gasteiger partial charge on any atom is 0.319 e. The van der Waals surface area contributed by atoms with Crippen molar-refractivity contribution < 1.29 is 4.79 Å². The number of nitrogens with zero attached hydrogens (tertiary/aromatic N) is 1. The van der Waals surface area contributed by atoms with E-state index in [4.69, 9.17) is 11.6 Å². The van der Waals surface area contributed by atoms with Gasteiger partial charge in [-0.15, -0.1) is 0 Å². The van der Waals surface area contributed by atoms with Crippen molar-refractivity contribution in [3.63, 3.8) is 0 Å². The largest absolute Gasteiger partial charge is 0.338 e. The standard InChI is InChI=1S/C16H24ClN3O/c1-12(2)20-9-7-13(8-10-20)11-18-16(21)19-15-6-4-3-5-14(15)17/h3-6,12-13H,7-11H2,1-2H3,(H2,18,19,21). The summed E-state index contributed by atoms with van der Waals surface area (Å²) < 4.78 is 0. The molecule has 1 saturated heterocycles. The first-order valence-electron chi connectivity index (χ1n) is 7.59. The van der Waals surface area contributed by atoms with Crippen molar-refractivity contribution in [2.45, 2.75) is 32.7 Å². The Balaban J connectivity index is 1.72. The summed E-state index contributed by atoms with van der Waals surface area (Å²) in [5.41, 5.74) is 0.645.